The van der Waals surface area contributed by atoms with Crippen LogP contribution < -0.4 is 5.32 Å². The molecule has 1 aromatic rings. The number of ketones is 1. The number of benzene rings is 1. The first-order chi connectivity index (χ1) is 9.16. The molecule has 1 saturated heterocycles. The molecule has 104 valence electrons. The van der Waals surface area contributed by atoms with Crippen molar-refractivity contribution in [1.29, 1.82) is 0 Å². The second-order valence-electron chi connectivity index (χ2n) is 5.03. The van der Waals surface area contributed by atoms with E-state index in [0.717, 1.165) is 17.9 Å². The largest absolute Gasteiger partial charge is 0.367 e. The molecule has 1 unspecified atom stereocenters. The summed E-state index contributed by atoms with van der Waals surface area (Å²) in [4.78, 5) is 11.5. The van der Waals surface area contributed by atoms with Gasteiger partial charge in [0.2, 0.25) is 0 Å². The van der Waals surface area contributed by atoms with Crippen LogP contribution in [0.3, 0.4) is 0 Å². The van der Waals surface area contributed by atoms with Crippen molar-refractivity contribution in [1.82, 2.24) is 5.32 Å². The second-order valence-corrected chi connectivity index (χ2v) is 5.89. The molecular formula is C15H21NO2S. The summed E-state index contributed by atoms with van der Waals surface area (Å²) in [7, 11) is 0. The number of ether oxygens (including phenoxy) is 1. The average molecular weight is 279 g/mol. The number of morpholine rings is 1. The Morgan fingerprint density at radius 2 is 2.16 bits per heavy atom. The second kappa shape index (κ2) is 6.55. The van der Waals surface area contributed by atoms with Gasteiger partial charge in [-0.05, 0) is 24.3 Å². The summed E-state index contributed by atoms with van der Waals surface area (Å²) in [5, 5.41) is 3.34. The van der Waals surface area contributed by atoms with E-state index in [0.29, 0.717) is 19.6 Å². The van der Waals surface area contributed by atoms with E-state index in [9.17, 15) is 4.79 Å². The van der Waals surface area contributed by atoms with Crippen molar-refractivity contribution in [3.05, 3.63) is 35.4 Å². The van der Waals surface area contributed by atoms with Crippen molar-refractivity contribution in [2.45, 2.75) is 24.7 Å². The van der Waals surface area contributed by atoms with Gasteiger partial charge in [0, 0.05) is 25.3 Å². The third kappa shape index (κ3) is 3.59. The monoisotopic (exact) mass is 279 g/mol. The van der Waals surface area contributed by atoms with Crippen molar-refractivity contribution >= 4 is 17.5 Å². The molecule has 0 amide bonds. The molecule has 0 radical (unpaired) electrons. The maximum atomic E-state index is 11.5. The molecule has 0 aromatic heterocycles. The number of carbonyl (C=O) groups is 1. The minimum atomic E-state index is -0.484. The Bertz CT molecular complexity index is 424. The van der Waals surface area contributed by atoms with Gasteiger partial charge in [-0.3, -0.25) is 4.79 Å². The molecule has 3 nitrogen and oxygen atoms in total. The van der Waals surface area contributed by atoms with Crippen LogP contribution in [0.2, 0.25) is 0 Å². The zero-order valence-electron chi connectivity index (χ0n) is 11.6. The Morgan fingerprint density at radius 3 is 2.68 bits per heavy atom. The van der Waals surface area contributed by atoms with Crippen LogP contribution in [-0.4, -0.2) is 31.7 Å². The third-order valence-corrected chi connectivity index (χ3v) is 4.02. The highest BCUT2D eigenvalue weighted by atomic mass is 32.2. The van der Waals surface area contributed by atoms with E-state index in [1.54, 1.807) is 6.92 Å². The summed E-state index contributed by atoms with van der Waals surface area (Å²) in [6.07, 6.45) is 2.53. The predicted molar refractivity (Wildman–Crippen MR) is 79.5 cm³/mol. The zero-order chi connectivity index (χ0) is 13.7. The van der Waals surface area contributed by atoms with Gasteiger partial charge in [0.15, 0.2) is 0 Å². The van der Waals surface area contributed by atoms with Gasteiger partial charge in [-0.1, -0.05) is 24.3 Å². The lowest BCUT2D eigenvalue weighted by atomic mass is 9.87. The van der Waals surface area contributed by atoms with Crippen LogP contribution in [0.1, 0.15) is 24.5 Å². The maximum Gasteiger partial charge on any atom is 0.133 e. The van der Waals surface area contributed by atoms with Gasteiger partial charge in [0.05, 0.1) is 6.61 Å². The smallest absolute Gasteiger partial charge is 0.133 e. The lowest BCUT2D eigenvalue weighted by Gasteiger charge is -2.37. The van der Waals surface area contributed by atoms with E-state index in [-0.39, 0.29) is 5.78 Å². The molecule has 1 aromatic carbocycles. The van der Waals surface area contributed by atoms with Gasteiger partial charge < -0.3 is 10.1 Å². The normalized spacial score (nSPS) is 23.3. The van der Waals surface area contributed by atoms with E-state index in [2.05, 4.69) is 35.8 Å². The fourth-order valence-electron chi connectivity index (χ4n) is 2.53. The van der Waals surface area contributed by atoms with Crippen molar-refractivity contribution in [3.63, 3.8) is 0 Å². The predicted octanol–water partition coefficient (Wildman–Crippen LogP) is 2.34. The molecule has 2 rings (SSSR count). The summed E-state index contributed by atoms with van der Waals surface area (Å²) in [6.45, 7) is 3.83. The number of hydrogen-bond acceptors (Lipinski definition) is 4. The lowest BCUT2D eigenvalue weighted by molar-refractivity contribution is -0.129. The van der Waals surface area contributed by atoms with Crippen molar-refractivity contribution in [2.75, 3.05) is 26.0 Å². The molecule has 1 atom stereocenters. The van der Waals surface area contributed by atoms with E-state index in [4.69, 9.17) is 4.74 Å². The molecule has 19 heavy (non-hydrogen) atoms. The van der Waals surface area contributed by atoms with Crippen LogP contribution in [0, 0.1) is 0 Å². The third-order valence-electron chi connectivity index (χ3n) is 3.39. The first-order valence-corrected chi connectivity index (χ1v) is 7.98. The molecule has 1 N–H and O–H groups in total. The van der Waals surface area contributed by atoms with Crippen molar-refractivity contribution in [3.8, 4) is 0 Å². The van der Waals surface area contributed by atoms with Crippen LogP contribution in [0.15, 0.2) is 24.3 Å². The average Bonchev–Trinajstić information content (AvgIpc) is 2.40. The molecule has 4 heteroatoms. The van der Waals surface area contributed by atoms with Crippen LogP contribution in [0.5, 0.6) is 0 Å². The Hall–Kier alpha value is -0.840. The molecule has 0 aliphatic carbocycles. The maximum absolute atomic E-state index is 11.5. The van der Waals surface area contributed by atoms with Gasteiger partial charge in [-0.25, -0.2) is 0 Å². The fraction of sp³-hybridized carbons (Fsp3) is 0.533. The van der Waals surface area contributed by atoms with Crippen molar-refractivity contribution in [2.24, 2.45) is 0 Å². The van der Waals surface area contributed by atoms with Crippen LogP contribution in [0.4, 0.5) is 0 Å². The highest BCUT2D eigenvalue weighted by molar-refractivity contribution is 7.97. The zero-order valence-corrected chi connectivity index (χ0v) is 12.4. The lowest BCUT2D eigenvalue weighted by Crippen LogP contribution is -2.48. The highest BCUT2D eigenvalue weighted by Crippen LogP contribution is 2.31. The quantitative estimate of drug-likeness (QED) is 0.898. The minimum absolute atomic E-state index is 0.164. The molecule has 0 spiro atoms. The SMILES string of the molecule is CSCc1ccc(C2(CC(C)=O)CNCCO2)cc1. The summed E-state index contributed by atoms with van der Waals surface area (Å²) in [5.41, 5.74) is 1.92. The van der Waals surface area contributed by atoms with Crippen LogP contribution >= 0.6 is 11.8 Å². The number of Topliss-reactive ketones (excluding diaryl/α,β-unsaturated/α-hetero) is 1. The molecule has 0 saturated carbocycles. The molecule has 1 aliphatic rings. The first-order valence-electron chi connectivity index (χ1n) is 6.59. The van der Waals surface area contributed by atoms with Crippen LogP contribution in [0.25, 0.3) is 0 Å². The molecule has 1 aliphatic heterocycles. The molecule has 1 fully saturated rings. The highest BCUT2D eigenvalue weighted by Gasteiger charge is 2.36. The van der Waals surface area contributed by atoms with Crippen LogP contribution in [-0.2, 0) is 20.9 Å². The van der Waals surface area contributed by atoms with Gasteiger partial charge >= 0.3 is 0 Å². The van der Waals surface area contributed by atoms with Crippen molar-refractivity contribution < 1.29 is 9.53 Å². The standard InChI is InChI=1S/C15H21NO2S/c1-12(17)9-15(11-16-7-8-18-15)14-5-3-13(4-6-14)10-19-2/h3-6,16H,7-11H2,1-2H3. The molecule has 1 heterocycles. The topological polar surface area (TPSA) is 38.3 Å². The molecular weight excluding hydrogens is 258 g/mol. The van der Waals surface area contributed by atoms with Gasteiger partial charge in [0.25, 0.3) is 0 Å². The summed E-state index contributed by atoms with van der Waals surface area (Å²) in [6, 6.07) is 8.46. The molecule has 0 bridgehead atoms. The Balaban J connectivity index is 2.24. The van der Waals surface area contributed by atoms with E-state index in [1.165, 1.54) is 5.56 Å². The summed E-state index contributed by atoms with van der Waals surface area (Å²) in [5.74, 6) is 1.18. The van der Waals surface area contributed by atoms with Gasteiger partial charge in [0.1, 0.15) is 11.4 Å². The van der Waals surface area contributed by atoms with E-state index in [1.807, 2.05) is 11.8 Å². The number of thioether (sulfide) groups is 1. The van der Waals surface area contributed by atoms with Gasteiger partial charge in [-0.15, -0.1) is 0 Å². The van der Waals surface area contributed by atoms with Gasteiger partial charge in [-0.2, -0.15) is 11.8 Å². The number of nitrogens with one attached hydrogen (secondary N) is 1. The number of rotatable bonds is 5. The Labute approximate surface area is 119 Å². The number of hydrogen-bond donors (Lipinski definition) is 1. The van der Waals surface area contributed by atoms with E-state index < -0.39 is 5.60 Å². The first kappa shape index (κ1) is 14.6. The van der Waals surface area contributed by atoms with E-state index >= 15 is 0 Å². The Kier molecular flexibility index (Phi) is 5.02. The number of carbonyl (C=O) groups excluding carboxylic acids is 1. The fourth-order valence-corrected chi connectivity index (χ4v) is 3.06. The summed E-state index contributed by atoms with van der Waals surface area (Å²) >= 11 is 1.81. The Morgan fingerprint density at radius 1 is 1.42 bits per heavy atom. The minimum Gasteiger partial charge on any atom is -0.367 e. The summed E-state index contributed by atoms with van der Waals surface area (Å²) < 4.78 is 5.97.